The van der Waals surface area contributed by atoms with Crippen LogP contribution < -0.4 is 11.1 Å². The van der Waals surface area contributed by atoms with Crippen molar-refractivity contribution in [2.75, 3.05) is 0 Å². The van der Waals surface area contributed by atoms with Crippen molar-refractivity contribution in [1.29, 1.82) is 0 Å². The predicted octanol–water partition coefficient (Wildman–Crippen LogP) is 1.45. The van der Waals surface area contributed by atoms with E-state index in [1.165, 1.54) is 0 Å². The summed E-state index contributed by atoms with van der Waals surface area (Å²) < 4.78 is 0. The molecule has 2 aliphatic carbocycles. The molecule has 0 radical (unpaired) electrons. The molecule has 1 amide bonds. The van der Waals surface area contributed by atoms with Crippen LogP contribution in [0.2, 0.25) is 0 Å². The molecule has 0 aliphatic heterocycles. The van der Waals surface area contributed by atoms with Gasteiger partial charge in [0.25, 0.3) is 0 Å². The number of carbonyl (C=O) groups excluding carboxylic acids is 1. The van der Waals surface area contributed by atoms with Gasteiger partial charge in [-0.05, 0) is 37.0 Å². The Morgan fingerprint density at radius 3 is 2.56 bits per heavy atom. The maximum absolute atomic E-state index is 12.3. The highest BCUT2D eigenvalue weighted by Crippen LogP contribution is 2.43. The van der Waals surface area contributed by atoms with Crippen LogP contribution in [0, 0.1) is 17.3 Å². The van der Waals surface area contributed by atoms with Crippen molar-refractivity contribution in [2.45, 2.75) is 52.0 Å². The largest absolute Gasteiger partial charge is 0.409 e. The third-order valence-corrected chi connectivity index (χ3v) is 4.40. The summed E-state index contributed by atoms with van der Waals surface area (Å²) in [5.41, 5.74) is 5.72. The number of rotatable bonds is 4. The van der Waals surface area contributed by atoms with E-state index < -0.39 is 0 Å². The van der Waals surface area contributed by atoms with Crippen molar-refractivity contribution in [3.8, 4) is 0 Å². The summed E-state index contributed by atoms with van der Waals surface area (Å²) in [5, 5.41) is 14.8. The molecule has 5 nitrogen and oxygen atoms in total. The minimum Gasteiger partial charge on any atom is -0.409 e. The van der Waals surface area contributed by atoms with E-state index in [1.807, 2.05) is 0 Å². The first-order valence-corrected chi connectivity index (χ1v) is 6.73. The van der Waals surface area contributed by atoms with Gasteiger partial charge in [0, 0.05) is 5.92 Å². The van der Waals surface area contributed by atoms with Gasteiger partial charge in [-0.25, -0.2) is 0 Å². The molecule has 2 unspecified atom stereocenters. The molecule has 102 valence electrons. The fourth-order valence-electron chi connectivity index (χ4n) is 2.99. The first-order valence-electron chi connectivity index (χ1n) is 6.73. The molecule has 0 spiro atoms. The first kappa shape index (κ1) is 13.2. The van der Waals surface area contributed by atoms with Gasteiger partial charge in [0.05, 0.1) is 6.04 Å². The lowest BCUT2D eigenvalue weighted by Crippen LogP contribution is -2.49. The van der Waals surface area contributed by atoms with Crippen molar-refractivity contribution in [1.82, 2.24) is 5.32 Å². The second kappa shape index (κ2) is 4.78. The Morgan fingerprint density at radius 1 is 1.44 bits per heavy atom. The molecule has 0 aromatic rings. The summed E-state index contributed by atoms with van der Waals surface area (Å²) in [6, 6.07) is -0.293. The molecule has 2 atom stereocenters. The highest BCUT2D eigenvalue weighted by atomic mass is 16.4. The Bertz CT molecular complexity index is 361. The van der Waals surface area contributed by atoms with Gasteiger partial charge in [0.15, 0.2) is 5.84 Å². The normalized spacial score (nSPS) is 29.0. The Labute approximate surface area is 108 Å². The van der Waals surface area contributed by atoms with Gasteiger partial charge < -0.3 is 16.3 Å². The molecule has 0 bridgehead atoms. The average Bonchev–Trinajstić information content (AvgIpc) is 3.08. The van der Waals surface area contributed by atoms with Crippen molar-refractivity contribution < 1.29 is 10.0 Å². The van der Waals surface area contributed by atoms with E-state index in [4.69, 9.17) is 10.9 Å². The molecule has 0 aromatic heterocycles. The monoisotopic (exact) mass is 253 g/mol. The molecule has 18 heavy (non-hydrogen) atoms. The molecule has 0 aromatic carbocycles. The number of carbonyl (C=O) groups is 1. The van der Waals surface area contributed by atoms with E-state index in [2.05, 4.69) is 24.3 Å². The number of hydrogen-bond donors (Lipinski definition) is 3. The lowest BCUT2D eigenvalue weighted by atomic mass is 9.81. The molecule has 0 saturated heterocycles. The highest BCUT2D eigenvalue weighted by Gasteiger charge is 2.42. The number of nitrogens with one attached hydrogen (secondary N) is 1. The molecule has 5 heteroatoms. The maximum Gasteiger partial charge on any atom is 0.224 e. The Morgan fingerprint density at radius 2 is 2.11 bits per heavy atom. The molecule has 0 heterocycles. The first-order chi connectivity index (χ1) is 8.45. The zero-order valence-electron chi connectivity index (χ0n) is 11.1. The Balaban J connectivity index is 2.01. The summed E-state index contributed by atoms with van der Waals surface area (Å²) in [4.78, 5) is 12.3. The Kier molecular flexibility index (Phi) is 3.50. The SMILES string of the molecule is CC1(C)CCCC1C(=O)NC(C(N)=NO)C1CC1. The quantitative estimate of drug-likeness (QED) is 0.307. The van der Waals surface area contributed by atoms with E-state index in [0.717, 1.165) is 32.1 Å². The number of amidine groups is 1. The van der Waals surface area contributed by atoms with Crippen molar-refractivity contribution in [3.05, 3.63) is 0 Å². The van der Waals surface area contributed by atoms with Crippen LogP contribution in [0.4, 0.5) is 0 Å². The molecular weight excluding hydrogens is 230 g/mol. The van der Waals surface area contributed by atoms with E-state index in [1.54, 1.807) is 0 Å². The van der Waals surface area contributed by atoms with Crippen LogP contribution in [-0.4, -0.2) is 23.0 Å². The summed E-state index contributed by atoms with van der Waals surface area (Å²) in [6.45, 7) is 4.28. The van der Waals surface area contributed by atoms with Gasteiger partial charge in [-0.2, -0.15) is 0 Å². The van der Waals surface area contributed by atoms with Crippen molar-refractivity contribution >= 4 is 11.7 Å². The Hall–Kier alpha value is -1.26. The van der Waals surface area contributed by atoms with Crippen molar-refractivity contribution in [2.24, 2.45) is 28.1 Å². The number of oxime groups is 1. The van der Waals surface area contributed by atoms with Crippen LogP contribution in [0.3, 0.4) is 0 Å². The van der Waals surface area contributed by atoms with E-state index in [-0.39, 0.29) is 29.1 Å². The highest BCUT2D eigenvalue weighted by molar-refractivity contribution is 5.91. The average molecular weight is 253 g/mol. The van der Waals surface area contributed by atoms with Gasteiger partial charge in [-0.3, -0.25) is 4.79 Å². The molecular formula is C13H23N3O2. The molecule has 2 rings (SSSR count). The van der Waals surface area contributed by atoms with Crippen LogP contribution in [0.5, 0.6) is 0 Å². The minimum atomic E-state index is -0.293. The lowest BCUT2D eigenvalue weighted by Gasteiger charge is -2.28. The third-order valence-electron chi connectivity index (χ3n) is 4.40. The van der Waals surface area contributed by atoms with Gasteiger partial charge >= 0.3 is 0 Å². The second-order valence-electron chi connectivity index (χ2n) is 6.28. The molecule has 2 fully saturated rings. The maximum atomic E-state index is 12.3. The second-order valence-corrected chi connectivity index (χ2v) is 6.28. The molecule has 4 N–H and O–H groups in total. The van der Waals surface area contributed by atoms with Crippen LogP contribution >= 0.6 is 0 Å². The van der Waals surface area contributed by atoms with Crippen LogP contribution in [0.15, 0.2) is 5.16 Å². The zero-order chi connectivity index (χ0) is 13.3. The predicted molar refractivity (Wildman–Crippen MR) is 69.2 cm³/mol. The van der Waals surface area contributed by atoms with E-state index >= 15 is 0 Å². The van der Waals surface area contributed by atoms with Crippen molar-refractivity contribution in [3.63, 3.8) is 0 Å². The zero-order valence-corrected chi connectivity index (χ0v) is 11.1. The molecule has 2 saturated carbocycles. The van der Waals surface area contributed by atoms with Gasteiger partial charge in [-0.15, -0.1) is 0 Å². The fourth-order valence-corrected chi connectivity index (χ4v) is 2.99. The topological polar surface area (TPSA) is 87.7 Å². The summed E-state index contributed by atoms with van der Waals surface area (Å²) in [7, 11) is 0. The summed E-state index contributed by atoms with van der Waals surface area (Å²) in [5.74, 6) is 0.572. The minimum absolute atomic E-state index is 0.0465. The molecule has 2 aliphatic rings. The summed E-state index contributed by atoms with van der Waals surface area (Å²) in [6.07, 6.45) is 5.20. The van der Waals surface area contributed by atoms with E-state index in [0.29, 0.717) is 5.92 Å². The van der Waals surface area contributed by atoms with Gasteiger partial charge in [0.2, 0.25) is 5.91 Å². The number of nitrogens with zero attached hydrogens (tertiary/aromatic N) is 1. The van der Waals surface area contributed by atoms with Gasteiger partial charge in [-0.1, -0.05) is 25.4 Å². The third kappa shape index (κ3) is 2.60. The summed E-state index contributed by atoms with van der Waals surface area (Å²) >= 11 is 0. The van der Waals surface area contributed by atoms with Gasteiger partial charge in [0.1, 0.15) is 0 Å². The smallest absolute Gasteiger partial charge is 0.224 e. The number of nitrogens with two attached hydrogens (primary N) is 1. The van der Waals surface area contributed by atoms with Crippen LogP contribution in [0.25, 0.3) is 0 Å². The fraction of sp³-hybridized carbons (Fsp3) is 0.846. The standard InChI is InChI=1S/C13H23N3O2/c1-13(2)7-3-4-9(13)12(17)15-10(8-5-6-8)11(14)16-18/h8-10,18H,3-7H2,1-2H3,(H2,14,16)(H,15,17). The number of amides is 1. The van der Waals surface area contributed by atoms with Crippen LogP contribution in [0.1, 0.15) is 46.0 Å². The lowest BCUT2D eigenvalue weighted by molar-refractivity contribution is -0.128. The van der Waals surface area contributed by atoms with Crippen LogP contribution in [-0.2, 0) is 4.79 Å². The number of hydrogen-bond acceptors (Lipinski definition) is 3. The van der Waals surface area contributed by atoms with E-state index in [9.17, 15) is 4.79 Å².